The average Bonchev–Trinajstić information content (AvgIpc) is 2.95. The minimum absolute atomic E-state index is 0.548. The van der Waals surface area contributed by atoms with Crippen LogP contribution in [0, 0.1) is 5.92 Å². The number of hydrogen-bond donors (Lipinski definition) is 0. The number of nitrogens with zero attached hydrogens (tertiary/aromatic N) is 4. The molecule has 3 heterocycles. The first-order chi connectivity index (χ1) is 8.92. The predicted molar refractivity (Wildman–Crippen MR) is 68.3 cm³/mol. The van der Waals surface area contributed by atoms with Crippen molar-refractivity contribution in [1.82, 2.24) is 19.7 Å². The van der Waals surface area contributed by atoms with E-state index in [0.717, 1.165) is 19.1 Å². The van der Waals surface area contributed by atoms with Gasteiger partial charge in [0.25, 0.3) is 0 Å². The second-order valence-corrected chi connectivity index (χ2v) is 5.49. The summed E-state index contributed by atoms with van der Waals surface area (Å²) in [5.74, 6) is 0.752. The summed E-state index contributed by atoms with van der Waals surface area (Å²) in [7, 11) is 0. The fourth-order valence-electron chi connectivity index (χ4n) is 3.09. The summed E-state index contributed by atoms with van der Waals surface area (Å²) in [5.41, 5.74) is 0. The van der Waals surface area contributed by atoms with Crippen LogP contribution in [0.3, 0.4) is 0 Å². The van der Waals surface area contributed by atoms with E-state index >= 15 is 0 Å². The van der Waals surface area contributed by atoms with Crippen LogP contribution in [0.2, 0.25) is 0 Å². The predicted octanol–water partition coefficient (Wildman–Crippen LogP) is 1.34. The largest absolute Gasteiger partial charge is 0.381 e. The Morgan fingerprint density at radius 2 is 2.11 bits per heavy atom. The van der Waals surface area contributed by atoms with Crippen LogP contribution in [0.15, 0.2) is 12.7 Å². The van der Waals surface area contributed by atoms with Crippen molar-refractivity contribution in [2.45, 2.75) is 31.7 Å². The number of piperidine rings is 1. The van der Waals surface area contributed by atoms with Crippen molar-refractivity contribution >= 4 is 0 Å². The molecule has 5 nitrogen and oxygen atoms in total. The van der Waals surface area contributed by atoms with E-state index in [1.807, 2.05) is 11.0 Å². The van der Waals surface area contributed by atoms with Gasteiger partial charge >= 0.3 is 0 Å². The molecule has 3 rings (SSSR count). The first kappa shape index (κ1) is 12.1. The lowest BCUT2D eigenvalue weighted by molar-refractivity contribution is 0.0327. The van der Waals surface area contributed by atoms with Gasteiger partial charge in [0, 0.05) is 26.2 Å². The Labute approximate surface area is 108 Å². The summed E-state index contributed by atoms with van der Waals surface area (Å²) < 4.78 is 7.57. The van der Waals surface area contributed by atoms with Crippen molar-refractivity contribution in [3.05, 3.63) is 12.7 Å². The van der Waals surface area contributed by atoms with E-state index in [1.165, 1.54) is 45.3 Å². The summed E-state index contributed by atoms with van der Waals surface area (Å²) >= 11 is 0. The maximum absolute atomic E-state index is 5.55. The van der Waals surface area contributed by atoms with Gasteiger partial charge in [-0.25, -0.2) is 9.67 Å². The molecular weight excluding hydrogens is 228 g/mol. The number of rotatable bonds is 3. The Balaban J connectivity index is 1.45. The van der Waals surface area contributed by atoms with Gasteiger partial charge in [0.1, 0.15) is 12.7 Å². The van der Waals surface area contributed by atoms with E-state index in [-0.39, 0.29) is 0 Å². The lowest BCUT2D eigenvalue weighted by Crippen LogP contribution is -2.39. The third kappa shape index (κ3) is 2.90. The van der Waals surface area contributed by atoms with Crippen LogP contribution in [-0.2, 0) is 4.74 Å². The molecule has 2 aliphatic heterocycles. The summed E-state index contributed by atoms with van der Waals surface area (Å²) in [6, 6.07) is 0.548. The Bertz CT molecular complexity index is 340. The second-order valence-electron chi connectivity index (χ2n) is 5.49. The van der Waals surface area contributed by atoms with Gasteiger partial charge in [0.05, 0.1) is 12.6 Å². The highest BCUT2D eigenvalue weighted by atomic mass is 16.5. The number of hydrogen-bond acceptors (Lipinski definition) is 4. The van der Waals surface area contributed by atoms with Crippen LogP contribution >= 0.6 is 0 Å². The second kappa shape index (κ2) is 5.80. The van der Waals surface area contributed by atoms with Gasteiger partial charge < -0.3 is 9.64 Å². The smallest absolute Gasteiger partial charge is 0.137 e. The number of ether oxygens (including phenoxy) is 1. The summed E-state index contributed by atoms with van der Waals surface area (Å²) in [5, 5.41) is 4.25. The zero-order valence-electron chi connectivity index (χ0n) is 10.9. The molecule has 0 N–H and O–H groups in total. The van der Waals surface area contributed by atoms with Crippen molar-refractivity contribution in [1.29, 1.82) is 0 Å². The van der Waals surface area contributed by atoms with E-state index in [4.69, 9.17) is 4.74 Å². The molecule has 1 atom stereocenters. The molecule has 0 spiro atoms. The van der Waals surface area contributed by atoms with Gasteiger partial charge in [-0.05, 0) is 31.6 Å². The maximum atomic E-state index is 5.55. The standard InChI is InChI=1S/C13H22N4O/c1-2-12(9-18-7-1)8-16-5-3-13(4-6-16)17-11-14-10-15-17/h10-13H,1-9H2/t12-/m0/s1. The lowest BCUT2D eigenvalue weighted by Gasteiger charge is -2.35. The van der Waals surface area contributed by atoms with Crippen molar-refractivity contribution in [3.63, 3.8) is 0 Å². The minimum Gasteiger partial charge on any atom is -0.381 e. The normalized spacial score (nSPS) is 27.4. The van der Waals surface area contributed by atoms with Crippen molar-refractivity contribution in [2.75, 3.05) is 32.8 Å². The Kier molecular flexibility index (Phi) is 3.90. The summed E-state index contributed by atoms with van der Waals surface area (Å²) in [4.78, 5) is 6.62. The average molecular weight is 250 g/mol. The number of likely N-dealkylation sites (tertiary alicyclic amines) is 1. The van der Waals surface area contributed by atoms with Crippen molar-refractivity contribution < 1.29 is 4.74 Å². The van der Waals surface area contributed by atoms with Crippen LogP contribution < -0.4 is 0 Å². The summed E-state index contributed by atoms with van der Waals surface area (Å²) in [6.07, 6.45) is 8.43. The Morgan fingerprint density at radius 1 is 1.22 bits per heavy atom. The molecule has 0 unspecified atom stereocenters. The molecule has 0 bridgehead atoms. The highest BCUT2D eigenvalue weighted by molar-refractivity contribution is 4.79. The van der Waals surface area contributed by atoms with Crippen molar-refractivity contribution in [2.24, 2.45) is 5.92 Å². The van der Waals surface area contributed by atoms with E-state index in [2.05, 4.69) is 15.0 Å². The van der Waals surface area contributed by atoms with E-state index in [0.29, 0.717) is 6.04 Å². The van der Waals surface area contributed by atoms with Crippen LogP contribution in [-0.4, -0.2) is 52.5 Å². The SMILES string of the molecule is c1ncn(C2CCN(C[C@@H]3CCCOC3)CC2)n1. The lowest BCUT2D eigenvalue weighted by atomic mass is 9.99. The monoisotopic (exact) mass is 250 g/mol. The van der Waals surface area contributed by atoms with Gasteiger partial charge in [-0.3, -0.25) is 0 Å². The molecule has 0 radical (unpaired) electrons. The fourth-order valence-corrected chi connectivity index (χ4v) is 3.09. The number of aromatic nitrogens is 3. The molecule has 2 aliphatic rings. The van der Waals surface area contributed by atoms with Gasteiger partial charge in [0.15, 0.2) is 0 Å². The third-order valence-electron chi connectivity index (χ3n) is 4.14. The molecule has 0 saturated carbocycles. The molecule has 0 amide bonds. The molecule has 1 aromatic heterocycles. The molecule has 2 saturated heterocycles. The Morgan fingerprint density at radius 3 is 2.78 bits per heavy atom. The van der Waals surface area contributed by atoms with Crippen LogP contribution in [0.25, 0.3) is 0 Å². The first-order valence-corrected chi connectivity index (χ1v) is 7.06. The van der Waals surface area contributed by atoms with Gasteiger partial charge in [0.2, 0.25) is 0 Å². The topological polar surface area (TPSA) is 43.2 Å². The molecule has 100 valence electrons. The molecule has 18 heavy (non-hydrogen) atoms. The zero-order valence-corrected chi connectivity index (χ0v) is 10.9. The van der Waals surface area contributed by atoms with Crippen LogP contribution in [0.5, 0.6) is 0 Å². The van der Waals surface area contributed by atoms with Crippen LogP contribution in [0.4, 0.5) is 0 Å². The third-order valence-corrected chi connectivity index (χ3v) is 4.14. The fraction of sp³-hybridized carbons (Fsp3) is 0.846. The highest BCUT2D eigenvalue weighted by Crippen LogP contribution is 2.23. The molecule has 1 aromatic rings. The quantitative estimate of drug-likeness (QED) is 0.812. The first-order valence-electron chi connectivity index (χ1n) is 7.06. The molecule has 0 aliphatic carbocycles. The van der Waals surface area contributed by atoms with Crippen molar-refractivity contribution in [3.8, 4) is 0 Å². The molecule has 5 heteroatoms. The van der Waals surface area contributed by atoms with Gasteiger partial charge in [-0.2, -0.15) is 5.10 Å². The molecule has 0 aromatic carbocycles. The minimum atomic E-state index is 0.548. The highest BCUT2D eigenvalue weighted by Gasteiger charge is 2.23. The van der Waals surface area contributed by atoms with Gasteiger partial charge in [-0.1, -0.05) is 0 Å². The maximum Gasteiger partial charge on any atom is 0.137 e. The summed E-state index contributed by atoms with van der Waals surface area (Å²) in [6.45, 7) is 5.50. The van der Waals surface area contributed by atoms with E-state index < -0.39 is 0 Å². The van der Waals surface area contributed by atoms with Crippen LogP contribution in [0.1, 0.15) is 31.7 Å². The van der Waals surface area contributed by atoms with E-state index in [1.54, 1.807) is 6.33 Å². The Hall–Kier alpha value is -0.940. The molecule has 2 fully saturated rings. The molecular formula is C13H22N4O. The van der Waals surface area contributed by atoms with E-state index in [9.17, 15) is 0 Å². The zero-order chi connectivity index (χ0) is 12.2. The van der Waals surface area contributed by atoms with Gasteiger partial charge in [-0.15, -0.1) is 0 Å².